The van der Waals surface area contributed by atoms with E-state index in [-0.39, 0.29) is 11.9 Å². The maximum atomic E-state index is 8.45. The zero-order chi connectivity index (χ0) is 10.4. The third-order valence-electron chi connectivity index (χ3n) is 2.65. The Hall–Kier alpha value is -1.03. The van der Waals surface area contributed by atoms with Gasteiger partial charge in [-0.05, 0) is 38.6 Å². The van der Waals surface area contributed by atoms with Crippen LogP contribution < -0.4 is 11.1 Å². The molecule has 4 heteroatoms. The first-order valence-corrected chi connectivity index (χ1v) is 5.10. The van der Waals surface area contributed by atoms with Crippen LogP contribution in [0.2, 0.25) is 0 Å². The topological polar surface area (TPSA) is 70.6 Å². The molecular formula is C10H19N3O. The molecule has 0 spiro atoms. The molecule has 0 saturated carbocycles. The Balaban J connectivity index is 2.22. The van der Waals surface area contributed by atoms with Gasteiger partial charge in [-0.3, -0.25) is 0 Å². The highest BCUT2D eigenvalue weighted by Crippen LogP contribution is 2.16. The summed E-state index contributed by atoms with van der Waals surface area (Å²) < 4.78 is 0. The molecule has 1 rings (SSSR count). The van der Waals surface area contributed by atoms with Crippen LogP contribution in [0.3, 0.4) is 0 Å². The number of nitrogens with one attached hydrogen (secondary N) is 1. The van der Waals surface area contributed by atoms with Gasteiger partial charge in [-0.2, -0.15) is 0 Å². The first-order valence-electron chi connectivity index (χ1n) is 5.10. The zero-order valence-corrected chi connectivity index (χ0v) is 8.61. The van der Waals surface area contributed by atoms with Gasteiger partial charge in [0.1, 0.15) is 0 Å². The highest BCUT2D eigenvalue weighted by Gasteiger charge is 2.12. The second kappa shape index (κ2) is 5.65. The minimum atomic E-state index is -0.0501. The lowest BCUT2D eigenvalue weighted by molar-refractivity contribution is 0.314. The number of hydrogen-bond donors (Lipinski definition) is 3. The lowest BCUT2D eigenvalue weighted by Crippen LogP contribution is -2.41. The highest BCUT2D eigenvalue weighted by atomic mass is 16.4. The number of oxime groups is 1. The smallest absolute Gasteiger partial charge is 0.156 e. The van der Waals surface area contributed by atoms with E-state index < -0.39 is 0 Å². The summed E-state index contributed by atoms with van der Waals surface area (Å²) in [6.07, 6.45) is 7.99. The third-order valence-corrected chi connectivity index (χ3v) is 2.65. The number of nitrogens with zero attached hydrogens (tertiary/aromatic N) is 1. The van der Waals surface area contributed by atoms with Crippen molar-refractivity contribution in [3.05, 3.63) is 12.2 Å². The second-order valence-electron chi connectivity index (χ2n) is 3.81. The fourth-order valence-electron chi connectivity index (χ4n) is 1.58. The largest absolute Gasteiger partial charge is 0.409 e. The Morgan fingerprint density at radius 2 is 2.50 bits per heavy atom. The molecule has 0 fully saturated rings. The van der Waals surface area contributed by atoms with E-state index in [1.807, 2.05) is 6.92 Å². The van der Waals surface area contributed by atoms with E-state index in [0.29, 0.717) is 5.92 Å². The summed E-state index contributed by atoms with van der Waals surface area (Å²) in [6.45, 7) is 2.83. The molecule has 0 aromatic heterocycles. The normalized spacial score (nSPS) is 24.9. The Labute approximate surface area is 84.9 Å². The minimum Gasteiger partial charge on any atom is -0.409 e. The second-order valence-corrected chi connectivity index (χ2v) is 3.81. The molecule has 1 aliphatic carbocycles. The molecule has 1 aliphatic rings. The summed E-state index contributed by atoms with van der Waals surface area (Å²) in [6, 6.07) is -0.0501. The van der Waals surface area contributed by atoms with Gasteiger partial charge in [0.2, 0.25) is 0 Å². The van der Waals surface area contributed by atoms with Crippen LogP contribution in [-0.2, 0) is 0 Å². The summed E-state index contributed by atoms with van der Waals surface area (Å²) in [5, 5.41) is 14.7. The first-order chi connectivity index (χ1) is 6.74. The maximum absolute atomic E-state index is 8.45. The summed E-state index contributed by atoms with van der Waals surface area (Å²) in [5.41, 5.74) is 5.46. The Bertz CT molecular complexity index is 225. The first kappa shape index (κ1) is 11.0. The van der Waals surface area contributed by atoms with Crippen molar-refractivity contribution in [2.75, 3.05) is 6.54 Å². The molecule has 0 radical (unpaired) electrons. The number of allylic oxidation sites excluding steroid dienone is 2. The SMILES string of the molecule is CC(NCC1CC=CCC1)C(N)=NO. The molecule has 0 heterocycles. The van der Waals surface area contributed by atoms with E-state index in [9.17, 15) is 0 Å². The van der Waals surface area contributed by atoms with Gasteiger partial charge in [0, 0.05) is 0 Å². The molecule has 80 valence electrons. The van der Waals surface area contributed by atoms with Gasteiger partial charge in [0.15, 0.2) is 5.84 Å². The van der Waals surface area contributed by atoms with Crippen molar-refractivity contribution >= 4 is 5.84 Å². The van der Waals surface area contributed by atoms with Crippen LogP contribution in [0.5, 0.6) is 0 Å². The average molecular weight is 197 g/mol. The summed E-state index contributed by atoms with van der Waals surface area (Å²) in [7, 11) is 0. The van der Waals surface area contributed by atoms with Crippen LogP contribution in [0, 0.1) is 5.92 Å². The van der Waals surface area contributed by atoms with E-state index in [4.69, 9.17) is 10.9 Å². The van der Waals surface area contributed by atoms with E-state index in [2.05, 4.69) is 22.6 Å². The van der Waals surface area contributed by atoms with Crippen LogP contribution in [0.4, 0.5) is 0 Å². The minimum absolute atomic E-state index is 0.0501. The Kier molecular flexibility index (Phi) is 4.46. The number of rotatable bonds is 4. The summed E-state index contributed by atoms with van der Waals surface area (Å²) >= 11 is 0. The van der Waals surface area contributed by atoms with E-state index >= 15 is 0 Å². The predicted molar refractivity (Wildman–Crippen MR) is 57.4 cm³/mol. The predicted octanol–water partition coefficient (Wildman–Crippen LogP) is 1.07. The van der Waals surface area contributed by atoms with Gasteiger partial charge in [0.25, 0.3) is 0 Å². The number of amidine groups is 1. The van der Waals surface area contributed by atoms with Crippen molar-refractivity contribution in [3.63, 3.8) is 0 Å². The molecule has 2 atom stereocenters. The van der Waals surface area contributed by atoms with Crippen molar-refractivity contribution < 1.29 is 5.21 Å². The van der Waals surface area contributed by atoms with Crippen molar-refractivity contribution in [1.82, 2.24) is 5.32 Å². The van der Waals surface area contributed by atoms with Gasteiger partial charge in [-0.25, -0.2) is 0 Å². The van der Waals surface area contributed by atoms with Crippen LogP contribution in [0.25, 0.3) is 0 Å². The number of nitrogens with two attached hydrogens (primary N) is 1. The van der Waals surface area contributed by atoms with Crippen LogP contribution in [-0.4, -0.2) is 23.6 Å². The fourth-order valence-corrected chi connectivity index (χ4v) is 1.58. The standard InChI is InChI=1S/C10H19N3O/c1-8(10(11)13-14)12-7-9-5-3-2-4-6-9/h2-3,8-9,12,14H,4-7H2,1H3,(H2,11,13). The van der Waals surface area contributed by atoms with Gasteiger partial charge in [-0.15, -0.1) is 0 Å². The maximum Gasteiger partial charge on any atom is 0.156 e. The van der Waals surface area contributed by atoms with Crippen molar-refractivity contribution in [3.8, 4) is 0 Å². The van der Waals surface area contributed by atoms with Crippen LogP contribution >= 0.6 is 0 Å². The molecule has 0 aromatic rings. The van der Waals surface area contributed by atoms with E-state index in [1.54, 1.807) is 0 Å². The van der Waals surface area contributed by atoms with E-state index in [1.165, 1.54) is 12.8 Å². The monoisotopic (exact) mass is 197 g/mol. The molecule has 2 unspecified atom stereocenters. The van der Waals surface area contributed by atoms with Crippen LogP contribution in [0.1, 0.15) is 26.2 Å². The Morgan fingerprint density at radius 1 is 1.71 bits per heavy atom. The molecule has 0 saturated heterocycles. The van der Waals surface area contributed by atoms with Crippen molar-refractivity contribution in [1.29, 1.82) is 0 Å². The van der Waals surface area contributed by atoms with Gasteiger partial charge < -0.3 is 16.3 Å². The van der Waals surface area contributed by atoms with Crippen molar-refractivity contribution in [2.45, 2.75) is 32.2 Å². The van der Waals surface area contributed by atoms with E-state index in [0.717, 1.165) is 13.0 Å². The molecular weight excluding hydrogens is 178 g/mol. The molecule has 4 nitrogen and oxygen atoms in total. The van der Waals surface area contributed by atoms with Gasteiger partial charge in [-0.1, -0.05) is 17.3 Å². The molecule has 0 bridgehead atoms. The summed E-state index contributed by atoms with van der Waals surface area (Å²) in [4.78, 5) is 0. The zero-order valence-electron chi connectivity index (χ0n) is 8.61. The third kappa shape index (κ3) is 3.38. The summed E-state index contributed by atoms with van der Waals surface area (Å²) in [5.74, 6) is 0.935. The molecule has 0 aliphatic heterocycles. The van der Waals surface area contributed by atoms with Crippen LogP contribution in [0.15, 0.2) is 17.3 Å². The van der Waals surface area contributed by atoms with Gasteiger partial charge in [0.05, 0.1) is 6.04 Å². The molecule has 4 N–H and O–H groups in total. The molecule has 0 amide bonds. The quantitative estimate of drug-likeness (QED) is 0.207. The average Bonchev–Trinajstić information content (AvgIpc) is 2.26. The fraction of sp³-hybridized carbons (Fsp3) is 0.700. The number of hydrogen-bond acceptors (Lipinski definition) is 3. The van der Waals surface area contributed by atoms with Crippen molar-refractivity contribution in [2.24, 2.45) is 16.8 Å². The lowest BCUT2D eigenvalue weighted by atomic mass is 9.94. The molecule has 0 aromatic carbocycles. The van der Waals surface area contributed by atoms with Gasteiger partial charge >= 0.3 is 0 Å². The molecule has 14 heavy (non-hydrogen) atoms. The lowest BCUT2D eigenvalue weighted by Gasteiger charge is -2.20. The Morgan fingerprint density at radius 3 is 3.07 bits per heavy atom. The highest BCUT2D eigenvalue weighted by molar-refractivity contribution is 5.84.